The molecule has 0 aromatic carbocycles. The van der Waals surface area contributed by atoms with Crippen LogP contribution in [-0.4, -0.2) is 40.8 Å². The fourth-order valence-corrected chi connectivity index (χ4v) is 1.63. The summed E-state index contributed by atoms with van der Waals surface area (Å²) in [7, 11) is 0. The summed E-state index contributed by atoms with van der Waals surface area (Å²) in [5.41, 5.74) is 2.50. The Hall–Kier alpha value is -2.32. The predicted octanol–water partition coefficient (Wildman–Crippen LogP) is -1.43. The Balaban J connectivity index is 2.16. The van der Waals surface area contributed by atoms with Gasteiger partial charge in [0.2, 0.25) is 0 Å². The van der Waals surface area contributed by atoms with E-state index in [4.69, 9.17) is 10.6 Å². The van der Waals surface area contributed by atoms with E-state index < -0.39 is 17.7 Å². The van der Waals surface area contributed by atoms with Crippen molar-refractivity contribution >= 4 is 17.7 Å². The van der Waals surface area contributed by atoms with E-state index in [1.807, 2.05) is 5.43 Å². The molecule has 0 unspecified atom stereocenters. The molecule has 0 atom stereocenters. The molecule has 0 bridgehead atoms. The zero-order valence-corrected chi connectivity index (χ0v) is 9.96. The largest absolute Gasteiger partial charge is 0.362 e. The molecule has 1 aromatic heterocycles. The third-order valence-electron chi connectivity index (χ3n) is 2.54. The van der Waals surface area contributed by atoms with Gasteiger partial charge in [0.25, 0.3) is 17.7 Å². The van der Waals surface area contributed by atoms with Gasteiger partial charge in [0.1, 0.15) is 18.9 Å². The maximum atomic E-state index is 11.5. The minimum atomic E-state index is -0.540. The number of nitrogens with zero attached hydrogens (tertiary/aromatic N) is 2. The summed E-state index contributed by atoms with van der Waals surface area (Å²) >= 11 is 0. The number of nitrogens with two attached hydrogens (primary N) is 1. The number of hydrazine groups is 1. The second-order valence-corrected chi connectivity index (χ2v) is 3.85. The maximum Gasteiger partial charge on any atom is 0.283 e. The lowest BCUT2D eigenvalue weighted by Crippen LogP contribution is -2.45. The van der Waals surface area contributed by atoms with Crippen LogP contribution >= 0.6 is 0 Å². The number of nitrogen functional groups attached to an aromatic ring is 1. The summed E-state index contributed by atoms with van der Waals surface area (Å²) in [6, 6.07) is 4.69. The standard InChI is InChI=1S/C11H12N4O4/c12-14-11(18)8-3-1-2-7(13-8)4-15-9(16)5-19-6-10(15)17/h1-3H,4-6,12H2,(H,14,18). The van der Waals surface area contributed by atoms with E-state index in [0.717, 1.165) is 4.90 Å². The Bertz CT molecular complexity index is 515. The molecular formula is C11H12N4O4. The second kappa shape index (κ2) is 5.55. The molecule has 2 heterocycles. The fraction of sp³-hybridized carbons (Fsp3) is 0.273. The highest BCUT2D eigenvalue weighted by atomic mass is 16.5. The summed E-state index contributed by atoms with van der Waals surface area (Å²) in [6.07, 6.45) is 0. The van der Waals surface area contributed by atoms with Gasteiger partial charge in [0.05, 0.1) is 12.2 Å². The van der Waals surface area contributed by atoms with Gasteiger partial charge in [-0.25, -0.2) is 10.8 Å². The topological polar surface area (TPSA) is 115 Å². The molecule has 3 N–H and O–H groups in total. The van der Waals surface area contributed by atoms with Crippen LogP contribution in [-0.2, 0) is 20.9 Å². The number of hydrogen-bond acceptors (Lipinski definition) is 6. The number of carbonyl (C=O) groups excluding carboxylic acids is 3. The molecule has 0 spiro atoms. The molecule has 1 aliphatic heterocycles. The summed E-state index contributed by atoms with van der Waals surface area (Å²) in [5.74, 6) is 3.62. The molecule has 0 radical (unpaired) electrons. The smallest absolute Gasteiger partial charge is 0.283 e. The van der Waals surface area contributed by atoms with Crippen molar-refractivity contribution in [2.75, 3.05) is 13.2 Å². The zero-order chi connectivity index (χ0) is 13.8. The Morgan fingerprint density at radius 2 is 2.05 bits per heavy atom. The molecule has 1 fully saturated rings. The van der Waals surface area contributed by atoms with Gasteiger partial charge >= 0.3 is 0 Å². The number of amides is 3. The van der Waals surface area contributed by atoms with Crippen molar-refractivity contribution in [3.05, 3.63) is 29.6 Å². The van der Waals surface area contributed by atoms with Crippen LogP contribution in [0, 0.1) is 0 Å². The molecular weight excluding hydrogens is 252 g/mol. The number of nitrogens with one attached hydrogen (secondary N) is 1. The van der Waals surface area contributed by atoms with Gasteiger partial charge in [-0.3, -0.25) is 24.7 Å². The van der Waals surface area contributed by atoms with Crippen molar-refractivity contribution in [3.8, 4) is 0 Å². The van der Waals surface area contributed by atoms with E-state index in [-0.39, 0.29) is 25.5 Å². The average molecular weight is 264 g/mol. The first-order chi connectivity index (χ1) is 9.11. The Kier molecular flexibility index (Phi) is 3.83. The van der Waals surface area contributed by atoms with Crippen LogP contribution < -0.4 is 11.3 Å². The van der Waals surface area contributed by atoms with Crippen LogP contribution in [0.2, 0.25) is 0 Å². The number of aromatic nitrogens is 1. The van der Waals surface area contributed by atoms with Gasteiger partial charge in [0.15, 0.2) is 0 Å². The molecule has 2 rings (SSSR count). The summed E-state index contributed by atoms with van der Waals surface area (Å²) in [6.45, 7) is -0.254. The van der Waals surface area contributed by atoms with E-state index >= 15 is 0 Å². The Labute approximate surface area is 108 Å². The monoisotopic (exact) mass is 264 g/mol. The molecule has 8 nitrogen and oxygen atoms in total. The molecule has 0 saturated carbocycles. The molecule has 19 heavy (non-hydrogen) atoms. The third-order valence-corrected chi connectivity index (χ3v) is 2.54. The molecule has 100 valence electrons. The lowest BCUT2D eigenvalue weighted by Gasteiger charge is -2.24. The van der Waals surface area contributed by atoms with Crippen LogP contribution in [0.4, 0.5) is 0 Å². The van der Waals surface area contributed by atoms with Crippen molar-refractivity contribution in [2.24, 2.45) is 5.84 Å². The number of hydrogen-bond donors (Lipinski definition) is 2. The SMILES string of the molecule is NNC(=O)c1cccc(CN2C(=O)COCC2=O)n1. The summed E-state index contributed by atoms with van der Waals surface area (Å²) in [4.78, 5) is 39.5. The molecule has 3 amide bonds. The minimum Gasteiger partial charge on any atom is -0.362 e. The number of ether oxygens (including phenoxy) is 1. The number of morpholine rings is 1. The van der Waals surface area contributed by atoms with Crippen molar-refractivity contribution < 1.29 is 19.1 Å². The molecule has 0 aliphatic carbocycles. The van der Waals surface area contributed by atoms with E-state index in [9.17, 15) is 14.4 Å². The third kappa shape index (κ3) is 2.92. The van der Waals surface area contributed by atoms with E-state index in [1.54, 1.807) is 12.1 Å². The first-order valence-corrected chi connectivity index (χ1v) is 5.49. The van der Waals surface area contributed by atoms with Crippen molar-refractivity contribution in [1.82, 2.24) is 15.3 Å². The number of pyridine rings is 1. The fourth-order valence-electron chi connectivity index (χ4n) is 1.63. The van der Waals surface area contributed by atoms with Gasteiger partial charge in [-0.1, -0.05) is 6.07 Å². The summed E-state index contributed by atoms with van der Waals surface area (Å²) < 4.78 is 4.80. The second-order valence-electron chi connectivity index (χ2n) is 3.85. The van der Waals surface area contributed by atoms with E-state index in [1.165, 1.54) is 6.07 Å². The van der Waals surface area contributed by atoms with Gasteiger partial charge in [-0.2, -0.15) is 0 Å². The highest BCUT2D eigenvalue weighted by Gasteiger charge is 2.27. The zero-order valence-electron chi connectivity index (χ0n) is 9.96. The Morgan fingerprint density at radius 3 is 2.68 bits per heavy atom. The van der Waals surface area contributed by atoms with Crippen LogP contribution in [0.3, 0.4) is 0 Å². The van der Waals surface area contributed by atoms with Crippen molar-refractivity contribution in [3.63, 3.8) is 0 Å². The molecule has 1 aromatic rings. The number of rotatable bonds is 3. The predicted molar refractivity (Wildman–Crippen MR) is 62.3 cm³/mol. The van der Waals surface area contributed by atoms with E-state index in [0.29, 0.717) is 5.69 Å². The summed E-state index contributed by atoms with van der Waals surface area (Å²) in [5, 5.41) is 0. The Morgan fingerprint density at radius 1 is 1.37 bits per heavy atom. The molecule has 1 aliphatic rings. The number of imide groups is 1. The van der Waals surface area contributed by atoms with Crippen LogP contribution in [0.25, 0.3) is 0 Å². The van der Waals surface area contributed by atoms with Crippen molar-refractivity contribution in [1.29, 1.82) is 0 Å². The lowest BCUT2D eigenvalue weighted by molar-refractivity contribution is -0.159. The first-order valence-electron chi connectivity index (χ1n) is 5.49. The lowest BCUT2D eigenvalue weighted by atomic mass is 10.2. The van der Waals surface area contributed by atoms with Gasteiger partial charge in [0, 0.05) is 0 Å². The quantitative estimate of drug-likeness (QED) is 0.299. The number of carbonyl (C=O) groups is 3. The van der Waals surface area contributed by atoms with E-state index in [2.05, 4.69) is 4.98 Å². The minimum absolute atomic E-state index is 0.00666. The van der Waals surface area contributed by atoms with Crippen LogP contribution in [0.1, 0.15) is 16.2 Å². The normalized spacial score (nSPS) is 15.5. The molecule has 1 saturated heterocycles. The van der Waals surface area contributed by atoms with Crippen LogP contribution in [0.5, 0.6) is 0 Å². The van der Waals surface area contributed by atoms with Crippen LogP contribution in [0.15, 0.2) is 18.2 Å². The van der Waals surface area contributed by atoms with Gasteiger partial charge in [-0.15, -0.1) is 0 Å². The maximum absolute atomic E-state index is 11.5. The molecule has 8 heteroatoms. The van der Waals surface area contributed by atoms with Crippen molar-refractivity contribution in [2.45, 2.75) is 6.54 Å². The average Bonchev–Trinajstić information content (AvgIpc) is 2.42. The first kappa shape index (κ1) is 13.1. The highest BCUT2D eigenvalue weighted by Crippen LogP contribution is 2.08. The van der Waals surface area contributed by atoms with Gasteiger partial charge < -0.3 is 4.74 Å². The highest BCUT2D eigenvalue weighted by molar-refractivity contribution is 5.98. The van der Waals surface area contributed by atoms with Gasteiger partial charge in [-0.05, 0) is 12.1 Å².